The lowest BCUT2D eigenvalue weighted by atomic mass is 9.82. The number of halogens is 3. The van der Waals surface area contributed by atoms with Crippen molar-refractivity contribution in [3.63, 3.8) is 0 Å². The van der Waals surface area contributed by atoms with Gasteiger partial charge < -0.3 is 10.4 Å². The van der Waals surface area contributed by atoms with E-state index in [9.17, 15) is 27.9 Å². The maximum Gasteiger partial charge on any atom is 0.416 e. The Labute approximate surface area is 152 Å². The number of carbonyl (C=O) groups excluding carboxylic acids is 1. The average Bonchev–Trinajstić information content (AvgIpc) is 3.26. The standard InChI is InChI=1S/C17H17F3N4O3/c18-17(19,20)11-3-4-13(24-10-21-9-22-24)12(7-11)23-14(25)8-16(15(26)27)5-1-2-6-16/h3-4,7,9-10H,1-2,5-6,8H2,(H,23,25)(H,26,27). The average molecular weight is 382 g/mol. The molecule has 0 aliphatic heterocycles. The second kappa shape index (κ2) is 7.01. The van der Waals surface area contributed by atoms with E-state index in [4.69, 9.17) is 0 Å². The smallest absolute Gasteiger partial charge is 0.416 e. The molecule has 1 aliphatic carbocycles. The van der Waals surface area contributed by atoms with E-state index < -0.39 is 29.0 Å². The third kappa shape index (κ3) is 3.93. The molecule has 0 spiro atoms. The van der Waals surface area contributed by atoms with Crippen molar-refractivity contribution in [3.05, 3.63) is 36.4 Å². The Morgan fingerprint density at radius 2 is 1.96 bits per heavy atom. The Bertz CT molecular complexity index is 844. The summed E-state index contributed by atoms with van der Waals surface area (Å²) in [6.07, 6.45) is -0.248. The van der Waals surface area contributed by atoms with Crippen LogP contribution in [0.15, 0.2) is 30.9 Å². The van der Waals surface area contributed by atoms with E-state index in [1.54, 1.807) is 0 Å². The van der Waals surface area contributed by atoms with Crippen molar-refractivity contribution in [2.75, 3.05) is 5.32 Å². The maximum absolute atomic E-state index is 13.0. The maximum atomic E-state index is 13.0. The quantitative estimate of drug-likeness (QED) is 0.827. The first-order chi connectivity index (χ1) is 12.7. The Morgan fingerprint density at radius 3 is 2.52 bits per heavy atom. The molecular weight excluding hydrogens is 365 g/mol. The fraction of sp³-hybridized carbons (Fsp3) is 0.412. The zero-order valence-electron chi connectivity index (χ0n) is 14.2. The molecule has 144 valence electrons. The van der Waals surface area contributed by atoms with Crippen molar-refractivity contribution < 1.29 is 27.9 Å². The fourth-order valence-corrected chi connectivity index (χ4v) is 3.36. The number of amides is 1. The van der Waals surface area contributed by atoms with Crippen LogP contribution in [-0.2, 0) is 15.8 Å². The van der Waals surface area contributed by atoms with E-state index in [1.807, 2.05) is 0 Å². The molecule has 2 aromatic rings. The number of hydrogen-bond donors (Lipinski definition) is 2. The normalized spacial score (nSPS) is 16.3. The van der Waals surface area contributed by atoms with Gasteiger partial charge in [-0.3, -0.25) is 9.59 Å². The minimum absolute atomic E-state index is 0.112. The van der Waals surface area contributed by atoms with Crippen LogP contribution in [0.5, 0.6) is 0 Å². The minimum atomic E-state index is -4.59. The first kappa shape index (κ1) is 18.9. The van der Waals surface area contributed by atoms with E-state index in [0.29, 0.717) is 25.7 Å². The number of aromatic nitrogens is 3. The van der Waals surface area contributed by atoms with Gasteiger partial charge in [0.2, 0.25) is 5.91 Å². The van der Waals surface area contributed by atoms with E-state index in [1.165, 1.54) is 23.4 Å². The highest BCUT2D eigenvalue weighted by Crippen LogP contribution is 2.42. The van der Waals surface area contributed by atoms with E-state index >= 15 is 0 Å². The van der Waals surface area contributed by atoms with Gasteiger partial charge in [-0.15, -0.1) is 0 Å². The zero-order valence-corrected chi connectivity index (χ0v) is 14.2. The zero-order chi connectivity index (χ0) is 19.7. The molecule has 27 heavy (non-hydrogen) atoms. The molecule has 10 heteroatoms. The highest BCUT2D eigenvalue weighted by Gasteiger charge is 2.43. The number of alkyl halides is 3. The van der Waals surface area contributed by atoms with Crippen LogP contribution in [0.2, 0.25) is 0 Å². The van der Waals surface area contributed by atoms with E-state index in [-0.39, 0.29) is 17.8 Å². The lowest BCUT2D eigenvalue weighted by molar-refractivity contribution is -0.150. The number of aliphatic carboxylic acids is 1. The predicted molar refractivity (Wildman–Crippen MR) is 88.1 cm³/mol. The van der Waals surface area contributed by atoms with Crippen LogP contribution < -0.4 is 5.32 Å². The van der Waals surface area contributed by atoms with Crippen LogP contribution in [-0.4, -0.2) is 31.7 Å². The number of nitrogens with zero attached hydrogens (tertiary/aromatic N) is 3. The highest BCUT2D eigenvalue weighted by molar-refractivity contribution is 5.96. The summed E-state index contributed by atoms with van der Waals surface area (Å²) < 4.78 is 40.4. The third-order valence-corrected chi connectivity index (χ3v) is 4.78. The van der Waals surface area contributed by atoms with Gasteiger partial charge in [0, 0.05) is 6.42 Å². The molecule has 3 rings (SSSR count). The number of carbonyl (C=O) groups is 2. The number of rotatable bonds is 5. The molecule has 0 unspecified atom stereocenters. The lowest BCUT2D eigenvalue weighted by Crippen LogP contribution is -2.33. The molecule has 0 saturated heterocycles. The molecule has 1 aliphatic rings. The van der Waals surface area contributed by atoms with Gasteiger partial charge >= 0.3 is 12.1 Å². The van der Waals surface area contributed by atoms with Crippen molar-refractivity contribution in [1.29, 1.82) is 0 Å². The monoisotopic (exact) mass is 382 g/mol. The summed E-state index contributed by atoms with van der Waals surface area (Å²) in [6, 6.07) is 2.86. The molecule has 1 aromatic heterocycles. The summed E-state index contributed by atoms with van der Waals surface area (Å²) in [4.78, 5) is 27.8. The van der Waals surface area contributed by atoms with Crippen LogP contribution in [0.25, 0.3) is 5.69 Å². The Balaban J connectivity index is 1.90. The van der Waals surface area contributed by atoms with Crippen molar-refractivity contribution in [2.24, 2.45) is 5.41 Å². The van der Waals surface area contributed by atoms with E-state index in [2.05, 4.69) is 15.4 Å². The second-order valence-corrected chi connectivity index (χ2v) is 6.59. The first-order valence-corrected chi connectivity index (χ1v) is 8.31. The van der Waals surface area contributed by atoms with Gasteiger partial charge in [-0.25, -0.2) is 9.67 Å². The van der Waals surface area contributed by atoms with Crippen LogP contribution in [0, 0.1) is 5.41 Å². The van der Waals surface area contributed by atoms with Gasteiger partial charge in [0.25, 0.3) is 0 Å². The van der Waals surface area contributed by atoms with Crippen LogP contribution in [0.3, 0.4) is 0 Å². The summed E-state index contributed by atoms with van der Waals surface area (Å²) in [6.45, 7) is 0. The van der Waals surface area contributed by atoms with Gasteiger partial charge in [0.05, 0.1) is 22.4 Å². The second-order valence-electron chi connectivity index (χ2n) is 6.59. The van der Waals surface area contributed by atoms with Gasteiger partial charge in [-0.05, 0) is 31.0 Å². The van der Waals surface area contributed by atoms with Gasteiger partial charge in [0.1, 0.15) is 12.7 Å². The predicted octanol–water partition coefficient (Wildman–Crippen LogP) is 3.26. The summed E-state index contributed by atoms with van der Waals surface area (Å²) in [5, 5.41) is 15.8. The molecule has 1 aromatic carbocycles. The lowest BCUT2D eigenvalue weighted by Gasteiger charge is -2.23. The minimum Gasteiger partial charge on any atom is -0.481 e. The number of benzene rings is 1. The van der Waals surface area contributed by atoms with Crippen LogP contribution in [0.4, 0.5) is 18.9 Å². The number of nitrogens with one attached hydrogen (secondary N) is 1. The molecule has 0 bridgehead atoms. The van der Waals surface area contributed by atoms with Crippen molar-refractivity contribution in [3.8, 4) is 5.69 Å². The summed E-state index contributed by atoms with van der Waals surface area (Å²) in [7, 11) is 0. The molecule has 2 N–H and O–H groups in total. The van der Waals surface area contributed by atoms with Gasteiger partial charge in [0.15, 0.2) is 0 Å². The van der Waals surface area contributed by atoms with Crippen molar-refractivity contribution in [2.45, 2.75) is 38.3 Å². The summed E-state index contributed by atoms with van der Waals surface area (Å²) >= 11 is 0. The van der Waals surface area contributed by atoms with Crippen LogP contribution >= 0.6 is 0 Å². The molecule has 1 amide bonds. The Kier molecular flexibility index (Phi) is 4.90. The third-order valence-electron chi connectivity index (χ3n) is 4.78. The largest absolute Gasteiger partial charge is 0.481 e. The number of carboxylic acid groups (broad SMARTS) is 1. The fourth-order valence-electron chi connectivity index (χ4n) is 3.36. The summed E-state index contributed by atoms with van der Waals surface area (Å²) in [5.41, 5.74) is -2.02. The molecule has 1 fully saturated rings. The number of anilines is 1. The van der Waals surface area contributed by atoms with E-state index in [0.717, 1.165) is 12.1 Å². The highest BCUT2D eigenvalue weighted by atomic mass is 19.4. The van der Waals surface area contributed by atoms with Gasteiger partial charge in [-0.2, -0.15) is 18.3 Å². The van der Waals surface area contributed by atoms with Gasteiger partial charge in [-0.1, -0.05) is 12.8 Å². The molecular formula is C17H17F3N4O3. The molecule has 0 radical (unpaired) electrons. The summed E-state index contributed by atoms with van der Waals surface area (Å²) in [5.74, 6) is -1.71. The Morgan fingerprint density at radius 1 is 1.26 bits per heavy atom. The molecule has 7 nitrogen and oxygen atoms in total. The van der Waals surface area contributed by atoms with Crippen LogP contribution in [0.1, 0.15) is 37.7 Å². The topological polar surface area (TPSA) is 97.1 Å². The first-order valence-electron chi connectivity index (χ1n) is 8.31. The van der Waals surface area contributed by atoms with Crippen molar-refractivity contribution >= 4 is 17.6 Å². The number of hydrogen-bond acceptors (Lipinski definition) is 4. The Hall–Kier alpha value is -2.91. The SMILES string of the molecule is O=C(CC1(C(=O)O)CCCC1)Nc1cc(C(F)(F)F)ccc1-n1cncn1. The molecule has 1 saturated carbocycles. The van der Waals surface area contributed by atoms with Crippen molar-refractivity contribution in [1.82, 2.24) is 14.8 Å². The molecule has 1 heterocycles. The number of carboxylic acids is 1. The molecule has 0 atom stereocenters.